The van der Waals surface area contributed by atoms with Crippen LogP contribution < -0.4 is 4.74 Å². The Hall–Kier alpha value is -2.16. The first-order valence-corrected chi connectivity index (χ1v) is 10.5. The second kappa shape index (κ2) is 9.32. The Kier molecular flexibility index (Phi) is 7.00. The van der Waals surface area contributed by atoms with Crippen molar-refractivity contribution >= 4 is 0 Å². The summed E-state index contributed by atoms with van der Waals surface area (Å²) in [5, 5.41) is 16.7. The van der Waals surface area contributed by atoms with Gasteiger partial charge in [0.2, 0.25) is 11.5 Å². The van der Waals surface area contributed by atoms with Crippen molar-refractivity contribution in [3.05, 3.63) is 24.1 Å². The van der Waals surface area contributed by atoms with E-state index in [0.717, 1.165) is 25.7 Å². The van der Waals surface area contributed by atoms with E-state index >= 15 is 0 Å². The summed E-state index contributed by atoms with van der Waals surface area (Å²) < 4.78 is 50.2. The molecule has 0 spiro atoms. The number of ether oxygens (including phenoxy) is 1. The van der Waals surface area contributed by atoms with Gasteiger partial charge >= 0.3 is 6.18 Å². The van der Waals surface area contributed by atoms with Gasteiger partial charge in [-0.25, -0.2) is 4.98 Å². The monoisotopic (exact) mass is 427 g/mol. The van der Waals surface area contributed by atoms with Crippen LogP contribution in [0.2, 0.25) is 0 Å². The van der Waals surface area contributed by atoms with E-state index < -0.39 is 17.7 Å². The van der Waals surface area contributed by atoms with Crippen molar-refractivity contribution in [2.75, 3.05) is 0 Å². The lowest BCUT2D eigenvalue weighted by Gasteiger charge is -2.26. The molecule has 1 aliphatic carbocycles. The summed E-state index contributed by atoms with van der Waals surface area (Å²) in [6, 6.07) is 4.93. The highest BCUT2D eigenvalue weighted by atomic mass is 19.4. The van der Waals surface area contributed by atoms with Crippen molar-refractivity contribution in [1.29, 1.82) is 0 Å². The number of nitrogens with zero attached hydrogens (tertiary/aromatic N) is 3. The zero-order chi connectivity index (χ0) is 21.8. The first kappa shape index (κ1) is 22.5. The summed E-state index contributed by atoms with van der Waals surface area (Å²) >= 11 is 0. The van der Waals surface area contributed by atoms with Crippen LogP contribution in [-0.4, -0.2) is 32.6 Å². The van der Waals surface area contributed by atoms with Crippen LogP contribution in [0.15, 0.2) is 22.6 Å². The number of rotatable bonds is 6. The second-order valence-corrected chi connectivity index (χ2v) is 8.11. The maximum atomic E-state index is 13.0. The molecule has 0 aliphatic heterocycles. The van der Waals surface area contributed by atoms with Gasteiger partial charge in [0, 0.05) is 6.07 Å². The van der Waals surface area contributed by atoms with Gasteiger partial charge < -0.3 is 14.3 Å². The molecule has 1 N–H and O–H groups in total. The van der Waals surface area contributed by atoms with Gasteiger partial charge in [-0.2, -0.15) is 13.2 Å². The van der Waals surface area contributed by atoms with Crippen LogP contribution in [0.4, 0.5) is 13.2 Å². The lowest BCUT2D eigenvalue weighted by molar-refractivity contribution is -0.266. The molecular formula is C21H28F3N3O3. The molecule has 1 saturated carbocycles. The van der Waals surface area contributed by atoms with Crippen molar-refractivity contribution in [2.45, 2.75) is 83.1 Å². The molecular weight excluding hydrogens is 399 g/mol. The van der Waals surface area contributed by atoms with Gasteiger partial charge in [0.15, 0.2) is 0 Å². The van der Waals surface area contributed by atoms with Crippen LogP contribution in [0.5, 0.6) is 5.88 Å². The topological polar surface area (TPSA) is 81.3 Å². The summed E-state index contributed by atoms with van der Waals surface area (Å²) in [5.41, 5.74) is -3.04. The van der Waals surface area contributed by atoms with E-state index in [0.29, 0.717) is 18.7 Å². The average Bonchev–Trinajstić information content (AvgIpc) is 3.16. The van der Waals surface area contributed by atoms with E-state index in [4.69, 9.17) is 9.15 Å². The van der Waals surface area contributed by atoms with E-state index in [2.05, 4.69) is 22.1 Å². The Morgan fingerprint density at radius 2 is 1.93 bits per heavy atom. The van der Waals surface area contributed by atoms with Gasteiger partial charge in [0.25, 0.3) is 11.8 Å². The second-order valence-electron chi connectivity index (χ2n) is 8.11. The summed E-state index contributed by atoms with van der Waals surface area (Å²) in [7, 11) is 0. The number of hydrogen-bond acceptors (Lipinski definition) is 6. The standard InChI is InChI=1S/C21H28F3N3O3/c1-3-8-14-9-5-4-6-10-15(13-14)29-17-12-7-11-16(25-17)18-26-27-19(30-18)20(2,28)21(22,23)24/h7,11-12,14-15,28H,3-6,8-10,13H2,1-2H3. The number of pyridine rings is 1. The molecule has 0 saturated heterocycles. The van der Waals surface area contributed by atoms with Crippen LogP contribution in [0.1, 0.15) is 71.1 Å². The molecule has 2 aromatic rings. The molecule has 0 bridgehead atoms. The molecule has 3 unspecified atom stereocenters. The Bertz CT molecular complexity index is 823. The molecule has 1 fully saturated rings. The van der Waals surface area contributed by atoms with Gasteiger partial charge in [0.1, 0.15) is 11.8 Å². The van der Waals surface area contributed by atoms with Crippen molar-refractivity contribution in [3.8, 4) is 17.5 Å². The molecule has 9 heteroatoms. The highest BCUT2D eigenvalue weighted by Crippen LogP contribution is 2.38. The molecule has 3 rings (SSSR count). The van der Waals surface area contributed by atoms with E-state index in [1.807, 2.05) is 0 Å². The lowest BCUT2D eigenvalue weighted by Crippen LogP contribution is -2.39. The third-order valence-corrected chi connectivity index (χ3v) is 5.56. The van der Waals surface area contributed by atoms with Crippen molar-refractivity contribution < 1.29 is 27.4 Å². The molecule has 0 amide bonds. The van der Waals surface area contributed by atoms with Crippen molar-refractivity contribution in [3.63, 3.8) is 0 Å². The molecule has 30 heavy (non-hydrogen) atoms. The third kappa shape index (κ3) is 5.30. The smallest absolute Gasteiger partial charge is 0.426 e. The maximum Gasteiger partial charge on any atom is 0.426 e. The molecule has 0 aromatic carbocycles. The lowest BCUT2D eigenvalue weighted by atomic mass is 9.87. The van der Waals surface area contributed by atoms with Gasteiger partial charge in [-0.3, -0.25) is 0 Å². The van der Waals surface area contributed by atoms with Crippen LogP contribution in [-0.2, 0) is 5.60 Å². The van der Waals surface area contributed by atoms with Crippen LogP contribution in [0.3, 0.4) is 0 Å². The molecule has 3 atom stereocenters. The Morgan fingerprint density at radius 3 is 2.67 bits per heavy atom. The first-order chi connectivity index (χ1) is 14.2. The Morgan fingerprint density at radius 1 is 1.17 bits per heavy atom. The first-order valence-electron chi connectivity index (χ1n) is 10.5. The summed E-state index contributed by atoms with van der Waals surface area (Å²) in [5.74, 6) is -0.135. The van der Waals surface area contributed by atoms with Gasteiger partial charge in [0.05, 0.1) is 0 Å². The van der Waals surface area contributed by atoms with Gasteiger partial charge in [-0.1, -0.05) is 45.1 Å². The minimum Gasteiger partial charge on any atom is -0.474 e. The quantitative estimate of drug-likeness (QED) is 0.663. The number of halogens is 3. The number of hydrogen-bond donors (Lipinski definition) is 1. The largest absolute Gasteiger partial charge is 0.474 e. The SMILES string of the molecule is CCCC1CCCCCC(Oc2cccc(-c3nnc(C(C)(O)C(F)(F)F)o3)n2)C1. The van der Waals surface area contributed by atoms with E-state index in [-0.39, 0.29) is 17.7 Å². The normalized spacial score (nSPS) is 22.7. The van der Waals surface area contributed by atoms with Crippen LogP contribution >= 0.6 is 0 Å². The highest BCUT2D eigenvalue weighted by Gasteiger charge is 2.55. The van der Waals surface area contributed by atoms with Gasteiger partial charge in [-0.15, -0.1) is 10.2 Å². The molecule has 1 aliphatic rings. The number of aromatic nitrogens is 3. The maximum absolute atomic E-state index is 13.0. The predicted molar refractivity (Wildman–Crippen MR) is 104 cm³/mol. The molecule has 166 valence electrons. The Labute approximate surface area is 173 Å². The summed E-state index contributed by atoms with van der Waals surface area (Å²) in [4.78, 5) is 4.34. The van der Waals surface area contributed by atoms with E-state index in [1.54, 1.807) is 18.2 Å². The van der Waals surface area contributed by atoms with Crippen LogP contribution in [0.25, 0.3) is 11.6 Å². The highest BCUT2D eigenvalue weighted by molar-refractivity contribution is 5.47. The van der Waals surface area contributed by atoms with Crippen molar-refractivity contribution in [1.82, 2.24) is 15.2 Å². The Balaban J connectivity index is 1.75. The number of alkyl halides is 3. The third-order valence-electron chi connectivity index (χ3n) is 5.56. The minimum atomic E-state index is -4.94. The fourth-order valence-corrected chi connectivity index (χ4v) is 3.78. The van der Waals surface area contributed by atoms with E-state index in [1.165, 1.54) is 25.7 Å². The average molecular weight is 427 g/mol. The fraction of sp³-hybridized carbons (Fsp3) is 0.667. The molecule has 6 nitrogen and oxygen atoms in total. The minimum absolute atomic E-state index is 0.0498. The van der Waals surface area contributed by atoms with Gasteiger partial charge in [-0.05, 0) is 38.2 Å². The number of aliphatic hydroxyl groups is 1. The van der Waals surface area contributed by atoms with Crippen LogP contribution in [0, 0.1) is 5.92 Å². The predicted octanol–water partition coefficient (Wildman–Crippen LogP) is 5.42. The fourth-order valence-electron chi connectivity index (χ4n) is 3.78. The molecule has 2 heterocycles. The molecule has 0 radical (unpaired) electrons. The molecule has 2 aromatic heterocycles. The zero-order valence-corrected chi connectivity index (χ0v) is 17.3. The van der Waals surface area contributed by atoms with Crippen molar-refractivity contribution in [2.24, 2.45) is 5.92 Å². The van der Waals surface area contributed by atoms with E-state index in [9.17, 15) is 18.3 Å². The summed E-state index contributed by atoms with van der Waals surface area (Å²) in [6.07, 6.45) is 4.11. The zero-order valence-electron chi connectivity index (χ0n) is 17.3. The summed E-state index contributed by atoms with van der Waals surface area (Å²) in [6.45, 7) is 2.76.